The zero-order valence-corrected chi connectivity index (χ0v) is 20.9. The summed E-state index contributed by atoms with van der Waals surface area (Å²) in [6.45, 7) is 0. The topological polar surface area (TPSA) is 134 Å². The predicted molar refractivity (Wildman–Crippen MR) is 146 cm³/mol. The Morgan fingerprint density at radius 3 is 1.85 bits per heavy atom. The SMILES string of the molecule is O=C(N/N=C(\C(=O)N(NC(=O)c1ccc(Cl)cc1)c1ccccc1)c1ccccc1)c1ccc([N+](=O)[O-])cc1. The van der Waals surface area contributed by atoms with Gasteiger partial charge in [-0.3, -0.25) is 29.9 Å². The van der Waals surface area contributed by atoms with E-state index >= 15 is 0 Å². The van der Waals surface area contributed by atoms with E-state index in [4.69, 9.17) is 11.6 Å². The normalized spacial score (nSPS) is 10.8. The number of benzene rings is 4. The summed E-state index contributed by atoms with van der Waals surface area (Å²) in [4.78, 5) is 49.9. The molecule has 0 heterocycles. The van der Waals surface area contributed by atoms with E-state index in [9.17, 15) is 24.5 Å². The van der Waals surface area contributed by atoms with Crippen LogP contribution in [0.1, 0.15) is 26.3 Å². The minimum Gasteiger partial charge on any atom is -0.267 e. The number of rotatable bonds is 7. The van der Waals surface area contributed by atoms with Crippen LogP contribution in [0.2, 0.25) is 5.02 Å². The molecule has 0 atom stereocenters. The van der Waals surface area contributed by atoms with Crippen molar-refractivity contribution in [3.8, 4) is 0 Å². The molecule has 0 aromatic heterocycles. The summed E-state index contributed by atoms with van der Waals surface area (Å²) in [5.74, 6) is -2.01. The molecule has 2 N–H and O–H groups in total. The van der Waals surface area contributed by atoms with E-state index in [0.717, 1.165) is 5.01 Å². The molecular weight excluding hydrogens is 522 g/mol. The van der Waals surface area contributed by atoms with Gasteiger partial charge in [0, 0.05) is 33.8 Å². The summed E-state index contributed by atoms with van der Waals surface area (Å²) in [6, 6.07) is 27.8. The Kier molecular flexibility index (Phi) is 8.40. The van der Waals surface area contributed by atoms with Crippen molar-refractivity contribution in [1.29, 1.82) is 0 Å². The van der Waals surface area contributed by atoms with E-state index in [1.165, 1.54) is 36.4 Å². The first-order chi connectivity index (χ1) is 18.8. The molecule has 0 saturated heterocycles. The molecule has 194 valence electrons. The quantitative estimate of drug-likeness (QED) is 0.198. The lowest BCUT2D eigenvalue weighted by molar-refractivity contribution is -0.384. The van der Waals surface area contributed by atoms with Crippen molar-refractivity contribution in [2.24, 2.45) is 5.10 Å². The van der Waals surface area contributed by atoms with Gasteiger partial charge in [0.1, 0.15) is 0 Å². The molecule has 0 saturated carbocycles. The van der Waals surface area contributed by atoms with Crippen molar-refractivity contribution in [1.82, 2.24) is 10.9 Å². The van der Waals surface area contributed by atoms with Crippen LogP contribution in [0.3, 0.4) is 0 Å². The number of hydrazone groups is 1. The second-order valence-electron chi connectivity index (χ2n) is 8.00. The zero-order valence-electron chi connectivity index (χ0n) is 20.2. The third-order valence-corrected chi connectivity index (χ3v) is 5.65. The minimum atomic E-state index is -0.737. The van der Waals surface area contributed by atoms with Crippen molar-refractivity contribution in [2.45, 2.75) is 0 Å². The maximum atomic E-state index is 13.9. The molecule has 4 aromatic carbocycles. The molecule has 3 amide bonds. The third kappa shape index (κ3) is 6.70. The first-order valence-electron chi connectivity index (χ1n) is 11.5. The molecule has 0 radical (unpaired) electrons. The maximum absolute atomic E-state index is 13.9. The van der Waals surface area contributed by atoms with Crippen LogP contribution >= 0.6 is 11.6 Å². The lowest BCUT2D eigenvalue weighted by Gasteiger charge is -2.24. The van der Waals surface area contributed by atoms with E-state index in [0.29, 0.717) is 16.3 Å². The van der Waals surface area contributed by atoms with Gasteiger partial charge in [0.15, 0.2) is 5.71 Å². The van der Waals surface area contributed by atoms with Gasteiger partial charge < -0.3 is 0 Å². The predicted octanol–water partition coefficient (Wildman–Crippen LogP) is 4.76. The molecule has 0 fully saturated rings. The standard InChI is InChI=1S/C28H20ClN5O5/c29-22-15-11-21(12-16-22)27(36)32-33(23-9-5-2-6-10-23)28(37)25(19-7-3-1-4-8-19)30-31-26(35)20-13-17-24(18-14-20)34(38)39/h1-18H,(H,31,35)(H,32,36)/b30-25-. The smallest absolute Gasteiger partial charge is 0.267 e. The highest BCUT2D eigenvalue weighted by Gasteiger charge is 2.26. The Balaban J connectivity index is 1.67. The van der Waals surface area contributed by atoms with Crippen molar-refractivity contribution in [2.75, 3.05) is 5.01 Å². The molecule has 4 aromatic rings. The summed E-state index contributed by atoms with van der Waals surface area (Å²) in [5, 5.41) is 16.5. The van der Waals surface area contributed by atoms with Crippen LogP contribution in [0.25, 0.3) is 0 Å². The molecule has 39 heavy (non-hydrogen) atoms. The maximum Gasteiger partial charge on any atom is 0.298 e. The fourth-order valence-corrected chi connectivity index (χ4v) is 3.55. The highest BCUT2D eigenvalue weighted by Crippen LogP contribution is 2.16. The Bertz CT molecular complexity index is 1530. The molecule has 0 unspecified atom stereocenters. The molecule has 10 nitrogen and oxygen atoms in total. The van der Waals surface area contributed by atoms with Gasteiger partial charge in [-0.25, -0.2) is 10.4 Å². The average Bonchev–Trinajstić information content (AvgIpc) is 2.97. The van der Waals surface area contributed by atoms with Crippen molar-refractivity contribution >= 4 is 46.4 Å². The molecule has 0 aliphatic rings. The van der Waals surface area contributed by atoms with E-state index < -0.39 is 22.6 Å². The zero-order chi connectivity index (χ0) is 27.8. The van der Waals surface area contributed by atoms with E-state index in [2.05, 4.69) is 16.0 Å². The van der Waals surface area contributed by atoms with Gasteiger partial charge in [0.2, 0.25) is 0 Å². The number of anilines is 1. The summed E-state index contributed by atoms with van der Waals surface area (Å²) in [7, 11) is 0. The van der Waals surface area contributed by atoms with Gasteiger partial charge in [0.05, 0.1) is 10.6 Å². The summed E-state index contributed by atoms with van der Waals surface area (Å²) in [5.41, 5.74) is 5.65. The highest BCUT2D eigenvalue weighted by atomic mass is 35.5. The van der Waals surface area contributed by atoms with Crippen LogP contribution in [0.5, 0.6) is 0 Å². The van der Waals surface area contributed by atoms with Gasteiger partial charge in [-0.15, -0.1) is 0 Å². The number of halogens is 1. The van der Waals surface area contributed by atoms with Crippen LogP contribution in [0.15, 0.2) is 114 Å². The van der Waals surface area contributed by atoms with E-state index in [-0.39, 0.29) is 22.5 Å². The first-order valence-corrected chi connectivity index (χ1v) is 11.9. The molecule has 0 bridgehead atoms. The van der Waals surface area contributed by atoms with Crippen LogP contribution in [-0.2, 0) is 4.79 Å². The largest absolute Gasteiger partial charge is 0.298 e. The van der Waals surface area contributed by atoms with Gasteiger partial charge >= 0.3 is 0 Å². The Morgan fingerprint density at radius 2 is 1.26 bits per heavy atom. The molecular formula is C28H20ClN5O5. The second kappa shape index (κ2) is 12.3. The first kappa shape index (κ1) is 26.7. The number of hydrazine groups is 1. The van der Waals surface area contributed by atoms with Crippen LogP contribution in [0, 0.1) is 10.1 Å². The molecule has 4 rings (SSSR count). The number of carbonyl (C=O) groups is 3. The minimum absolute atomic E-state index is 0.0974. The number of amides is 3. The van der Waals surface area contributed by atoms with Gasteiger partial charge in [-0.2, -0.15) is 5.10 Å². The Hall–Kier alpha value is -5.35. The second-order valence-corrected chi connectivity index (χ2v) is 8.43. The van der Waals surface area contributed by atoms with Crippen molar-refractivity contribution in [3.63, 3.8) is 0 Å². The molecule has 0 aliphatic heterocycles. The van der Waals surface area contributed by atoms with Crippen LogP contribution < -0.4 is 15.9 Å². The number of nitrogens with zero attached hydrogens (tertiary/aromatic N) is 3. The number of nitrogens with one attached hydrogen (secondary N) is 2. The number of para-hydroxylation sites is 1. The Morgan fingerprint density at radius 1 is 0.718 bits per heavy atom. The highest BCUT2D eigenvalue weighted by molar-refractivity contribution is 6.49. The number of hydrogen-bond donors (Lipinski definition) is 2. The summed E-state index contributed by atoms with van der Waals surface area (Å²) < 4.78 is 0. The van der Waals surface area contributed by atoms with E-state index in [1.54, 1.807) is 72.8 Å². The Labute approximate surface area is 227 Å². The number of nitro benzene ring substituents is 1. The molecule has 0 aliphatic carbocycles. The summed E-state index contributed by atoms with van der Waals surface area (Å²) >= 11 is 5.93. The number of non-ortho nitro benzene ring substituents is 1. The van der Waals surface area contributed by atoms with Crippen LogP contribution in [0.4, 0.5) is 11.4 Å². The van der Waals surface area contributed by atoms with Crippen molar-refractivity contribution < 1.29 is 19.3 Å². The number of carbonyl (C=O) groups excluding carboxylic acids is 3. The lowest BCUT2D eigenvalue weighted by Crippen LogP contribution is -2.50. The number of hydrogen-bond acceptors (Lipinski definition) is 6. The number of nitro groups is 1. The van der Waals surface area contributed by atoms with Crippen molar-refractivity contribution in [3.05, 3.63) is 141 Å². The lowest BCUT2D eigenvalue weighted by atomic mass is 10.1. The fraction of sp³-hybridized carbons (Fsp3) is 0. The fourth-order valence-electron chi connectivity index (χ4n) is 3.42. The average molecular weight is 542 g/mol. The van der Waals surface area contributed by atoms with Gasteiger partial charge in [-0.1, -0.05) is 60.1 Å². The van der Waals surface area contributed by atoms with Crippen LogP contribution in [-0.4, -0.2) is 28.4 Å². The molecule has 0 spiro atoms. The van der Waals surface area contributed by atoms with E-state index in [1.807, 2.05) is 0 Å². The monoisotopic (exact) mass is 541 g/mol. The van der Waals surface area contributed by atoms with Gasteiger partial charge in [-0.05, 0) is 48.5 Å². The molecule has 11 heteroatoms. The third-order valence-electron chi connectivity index (χ3n) is 5.40. The summed E-state index contributed by atoms with van der Waals surface area (Å²) in [6.07, 6.45) is 0. The van der Waals surface area contributed by atoms with Gasteiger partial charge in [0.25, 0.3) is 23.4 Å².